The van der Waals surface area contributed by atoms with Crippen LogP contribution in [-0.4, -0.2) is 54.3 Å². The van der Waals surface area contributed by atoms with Crippen LogP contribution in [0.5, 0.6) is 5.75 Å². The van der Waals surface area contributed by atoms with Crippen LogP contribution in [0.25, 0.3) is 11.0 Å². The Kier molecular flexibility index (Phi) is 6.52. The molecule has 7 nitrogen and oxygen atoms in total. The van der Waals surface area contributed by atoms with E-state index < -0.39 is 6.10 Å². The summed E-state index contributed by atoms with van der Waals surface area (Å²) < 4.78 is 17.6. The van der Waals surface area contributed by atoms with Gasteiger partial charge >= 0.3 is 5.63 Å². The smallest absolute Gasteiger partial charge is 0.336 e. The van der Waals surface area contributed by atoms with Gasteiger partial charge in [0.15, 0.2) is 6.10 Å². The molecule has 1 N–H and O–H groups in total. The van der Waals surface area contributed by atoms with Gasteiger partial charge in [-0.25, -0.2) is 4.79 Å². The number of hydrogen-bond acceptors (Lipinski definition) is 6. The molecule has 2 aromatic rings. The molecule has 3 aliphatic heterocycles. The van der Waals surface area contributed by atoms with Crippen molar-refractivity contribution in [1.29, 1.82) is 0 Å². The van der Waals surface area contributed by atoms with Crippen molar-refractivity contribution in [1.82, 2.24) is 10.2 Å². The van der Waals surface area contributed by atoms with E-state index in [1.54, 1.807) is 13.0 Å². The molecule has 0 saturated carbocycles. The van der Waals surface area contributed by atoms with Crippen molar-refractivity contribution in [3.8, 4) is 5.75 Å². The molecular weight excluding hydrogens is 432 g/mol. The van der Waals surface area contributed by atoms with Crippen LogP contribution in [0.2, 0.25) is 0 Å². The van der Waals surface area contributed by atoms with Gasteiger partial charge in [-0.05, 0) is 56.7 Å². The highest BCUT2D eigenvalue weighted by Crippen LogP contribution is 2.38. The van der Waals surface area contributed by atoms with E-state index in [0.717, 1.165) is 30.2 Å². The van der Waals surface area contributed by atoms with E-state index in [9.17, 15) is 9.59 Å². The number of morpholine rings is 1. The van der Waals surface area contributed by atoms with Gasteiger partial charge in [-0.2, -0.15) is 0 Å². The summed E-state index contributed by atoms with van der Waals surface area (Å²) in [5, 5.41) is 4.54. The molecule has 4 heterocycles. The fraction of sp³-hybridized carbons (Fsp3) is 0.583. The van der Waals surface area contributed by atoms with Gasteiger partial charge in [-0.3, -0.25) is 4.79 Å². The second-order valence-corrected chi connectivity index (χ2v) is 9.20. The fourth-order valence-corrected chi connectivity index (χ4v) is 5.57. The van der Waals surface area contributed by atoms with Crippen molar-refractivity contribution in [3.05, 3.63) is 40.2 Å². The largest absolute Gasteiger partial charge is 0.481 e. The molecule has 32 heavy (non-hydrogen) atoms. The average Bonchev–Trinajstić information content (AvgIpc) is 3.11. The van der Waals surface area contributed by atoms with Crippen molar-refractivity contribution in [3.63, 3.8) is 0 Å². The molecule has 4 atom stereocenters. The Bertz CT molecular complexity index is 1040. The number of aryl methyl sites for hydroxylation is 1. The lowest BCUT2D eigenvalue weighted by molar-refractivity contribution is -0.163. The number of carbonyl (C=O) groups is 1. The molecule has 174 valence electrons. The van der Waals surface area contributed by atoms with E-state index in [0.29, 0.717) is 43.1 Å². The summed E-state index contributed by atoms with van der Waals surface area (Å²) in [5.74, 6) is 0.491. The van der Waals surface area contributed by atoms with Gasteiger partial charge in [0, 0.05) is 42.7 Å². The van der Waals surface area contributed by atoms with E-state index in [4.69, 9.17) is 13.9 Å². The first-order chi connectivity index (χ1) is 14.9. The lowest BCUT2D eigenvalue weighted by Crippen LogP contribution is -2.61. The number of carbonyl (C=O) groups excluding carboxylic acids is 1. The van der Waals surface area contributed by atoms with E-state index in [2.05, 4.69) is 5.32 Å². The molecule has 1 spiro atoms. The van der Waals surface area contributed by atoms with Crippen LogP contribution in [0.4, 0.5) is 0 Å². The average molecular weight is 463 g/mol. The van der Waals surface area contributed by atoms with Crippen LogP contribution in [0.3, 0.4) is 0 Å². The first-order valence-corrected chi connectivity index (χ1v) is 11.4. The van der Waals surface area contributed by atoms with Crippen LogP contribution in [0, 0.1) is 0 Å². The van der Waals surface area contributed by atoms with Crippen molar-refractivity contribution >= 4 is 29.3 Å². The van der Waals surface area contributed by atoms with Gasteiger partial charge in [0.05, 0.1) is 12.2 Å². The van der Waals surface area contributed by atoms with Gasteiger partial charge in [-0.1, -0.05) is 6.92 Å². The molecule has 3 aliphatic rings. The van der Waals surface area contributed by atoms with Crippen molar-refractivity contribution < 1.29 is 18.7 Å². The minimum absolute atomic E-state index is 0. The summed E-state index contributed by atoms with van der Waals surface area (Å²) in [5.41, 5.74) is 0.821. The summed E-state index contributed by atoms with van der Waals surface area (Å²) in [4.78, 5) is 26.9. The molecular formula is C24H31ClN2O5. The van der Waals surface area contributed by atoms with Gasteiger partial charge in [0.2, 0.25) is 0 Å². The Labute approximate surface area is 193 Å². The second-order valence-electron chi connectivity index (χ2n) is 9.20. The zero-order chi connectivity index (χ0) is 21.6. The topological polar surface area (TPSA) is 81.0 Å². The van der Waals surface area contributed by atoms with E-state index in [1.807, 2.05) is 24.0 Å². The van der Waals surface area contributed by atoms with Crippen LogP contribution in [-0.2, 0) is 16.0 Å². The minimum Gasteiger partial charge on any atom is -0.481 e. The highest BCUT2D eigenvalue weighted by molar-refractivity contribution is 5.85. The number of benzene rings is 1. The molecule has 2 bridgehead atoms. The normalized spacial score (nSPS) is 27.9. The summed E-state index contributed by atoms with van der Waals surface area (Å²) in [7, 11) is 0. The van der Waals surface area contributed by atoms with E-state index in [-0.39, 0.29) is 29.5 Å². The number of nitrogens with zero attached hydrogens (tertiary/aromatic N) is 1. The number of hydrogen-bond donors (Lipinski definition) is 1. The fourth-order valence-electron chi connectivity index (χ4n) is 5.57. The Morgan fingerprint density at radius 2 is 2.03 bits per heavy atom. The monoisotopic (exact) mass is 462 g/mol. The summed E-state index contributed by atoms with van der Waals surface area (Å²) in [6.07, 6.45) is 4.43. The maximum Gasteiger partial charge on any atom is 0.336 e. The lowest BCUT2D eigenvalue weighted by Gasteiger charge is -2.47. The SMILES string of the molecule is CCc1cc(=O)oc2cc(OC(C)C(=O)N3CCOC4(C[C@H]5CC[C@@H](C4)N5)C3)ccc12.Cl. The Hall–Kier alpha value is -2.09. The number of fused-ring (bicyclic) bond motifs is 3. The molecule has 3 fully saturated rings. The van der Waals surface area contributed by atoms with Crippen LogP contribution in [0.1, 0.15) is 45.1 Å². The highest BCUT2D eigenvalue weighted by Gasteiger charge is 2.48. The second kappa shape index (κ2) is 9.04. The Morgan fingerprint density at radius 1 is 1.28 bits per heavy atom. The number of rotatable bonds is 4. The molecule has 3 saturated heterocycles. The summed E-state index contributed by atoms with van der Waals surface area (Å²) >= 11 is 0. The Balaban J connectivity index is 0.00000245. The Morgan fingerprint density at radius 3 is 2.75 bits per heavy atom. The number of halogens is 1. The zero-order valence-electron chi connectivity index (χ0n) is 18.6. The molecule has 1 aromatic heterocycles. The van der Waals surface area contributed by atoms with Crippen molar-refractivity contribution in [2.45, 2.75) is 69.7 Å². The third-order valence-corrected chi connectivity index (χ3v) is 6.98. The quantitative estimate of drug-likeness (QED) is 0.703. The predicted octanol–water partition coefficient (Wildman–Crippen LogP) is 3.06. The third-order valence-electron chi connectivity index (χ3n) is 6.98. The maximum absolute atomic E-state index is 13.2. The minimum atomic E-state index is -0.632. The first kappa shape index (κ1) is 23.1. The van der Waals surface area contributed by atoms with Crippen LogP contribution < -0.4 is 15.7 Å². The third kappa shape index (κ3) is 4.38. The van der Waals surface area contributed by atoms with Gasteiger partial charge in [0.1, 0.15) is 11.3 Å². The molecule has 2 unspecified atom stereocenters. The van der Waals surface area contributed by atoms with E-state index in [1.165, 1.54) is 18.9 Å². The molecule has 1 aromatic carbocycles. The number of nitrogens with one attached hydrogen (secondary N) is 1. The number of amides is 1. The lowest BCUT2D eigenvalue weighted by atomic mass is 9.85. The predicted molar refractivity (Wildman–Crippen MR) is 124 cm³/mol. The van der Waals surface area contributed by atoms with Gasteiger partial charge in [0.25, 0.3) is 5.91 Å². The number of piperidine rings is 1. The molecule has 8 heteroatoms. The highest BCUT2D eigenvalue weighted by atomic mass is 35.5. The summed E-state index contributed by atoms with van der Waals surface area (Å²) in [6, 6.07) is 7.95. The molecule has 0 aliphatic carbocycles. The standard InChI is InChI=1S/C24H30N2O5.ClH/c1-3-16-10-22(27)31-21-11-19(6-7-20(16)21)30-15(2)23(28)26-8-9-29-24(14-26)12-17-4-5-18(13-24)25-17;/h6-7,10-11,15,17-18,25H,3-5,8-9,12-14H2,1-2H3;1H/t15?,17-,18+,24?;. The van der Waals surface area contributed by atoms with E-state index >= 15 is 0 Å². The first-order valence-electron chi connectivity index (χ1n) is 11.4. The van der Waals surface area contributed by atoms with Crippen molar-refractivity contribution in [2.24, 2.45) is 0 Å². The maximum atomic E-state index is 13.2. The molecule has 0 radical (unpaired) electrons. The van der Waals surface area contributed by atoms with Gasteiger partial charge in [-0.15, -0.1) is 12.4 Å². The van der Waals surface area contributed by atoms with Crippen LogP contribution in [0.15, 0.2) is 33.5 Å². The number of ether oxygens (including phenoxy) is 2. The van der Waals surface area contributed by atoms with Crippen LogP contribution >= 0.6 is 12.4 Å². The molecule has 5 rings (SSSR count). The summed E-state index contributed by atoms with van der Waals surface area (Å²) in [6.45, 7) is 5.56. The van der Waals surface area contributed by atoms with Gasteiger partial charge < -0.3 is 24.1 Å². The zero-order valence-corrected chi connectivity index (χ0v) is 19.4. The molecule has 1 amide bonds. The van der Waals surface area contributed by atoms with Crippen molar-refractivity contribution in [2.75, 3.05) is 19.7 Å².